The molecule has 1 rings (SSSR count). The predicted octanol–water partition coefficient (Wildman–Crippen LogP) is 1.91. The van der Waals surface area contributed by atoms with Crippen LogP contribution in [0.5, 0.6) is 5.75 Å². The van der Waals surface area contributed by atoms with E-state index in [4.69, 9.17) is 5.73 Å². The maximum absolute atomic E-state index is 12.2. The molecule has 0 aliphatic carbocycles. The Morgan fingerprint density at radius 1 is 1.26 bits per heavy atom. The number of phenols is 1. The first kappa shape index (κ1) is 15.5. The van der Waals surface area contributed by atoms with Gasteiger partial charge in [-0.25, -0.2) is 0 Å². The van der Waals surface area contributed by atoms with Gasteiger partial charge in [-0.3, -0.25) is 4.79 Å². The lowest BCUT2D eigenvalue weighted by Gasteiger charge is -2.28. The Morgan fingerprint density at radius 2 is 1.79 bits per heavy atom. The largest absolute Gasteiger partial charge is 0.508 e. The van der Waals surface area contributed by atoms with Gasteiger partial charge in [0.15, 0.2) is 0 Å². The predicted molar refractivity (Wildman–Crippen MR) is 76.9 cm³/mol. The fourth-order valence-electron chi connectivity index (χ4n) is 2.25. The third-order valence-corrected chi connectivity index (χ3v) is 3.55. The van der Waals surface area contributed by atoms with Crippen LogP contribution in [0, 0.1) is 0 Å². The minimum Gasteiger partial charge on any atom is -0.508 e. The number of carbonyl (C=O) groups is 1. The Bertz CT molecular complexity index is 399. The summed E-state index contributed by atoms with van der Waals surface area (Å²) in [6, 6.07) is 6.52. The highest BCUT2D eigenvalue weighted by Crippen LogP contribution is 2.13. The van der Waals surface area contributed by atoms with Crippen LogP contribution >= 0.6 is 0 Å². The Labute approximate surface area is 115 Å². The second-order valence-corrected chi connectivity index (χ2v) is 4.90. The molecule has 3 N–H and O–H groups in total. The van der Waals surface area contributed by atoms with Crippen LogP contribution in [-0.2, 0) is 11.2 Å². The van der Waals surface area contributed by atoms with E-state index in [0.29, 0.717) is 6.42 Å². The van der Waals surface area contributed by atoms with E-state index in [1.54, 1.807) is 29.2 Å². The molecule has 0 aliphatic rings. The molecule has 0 unspecified atom stereocenters. The van der Waals surface area contributed by atoms with Crippen molar-refractivity contribution in [3.63, 3.8) is 0 Å². The summed E-state index contributed by atoms with van der Waals surface area (Å²) in [5.41, 5.74) is 6.94. The van der Waals surface area contributed by atoms with Crippen LogP contribution in [-0.4, -0.2) is 35.0 Å². The van der Waals surface area contributed by atoms with Gasteiger partial charge in [0.25, 0.3) is 0 Å². The van der Waals surface area contributed by atoms with Gasteiger partial charge >= 0.3 is 0 Å². The lowest BCUT2D eigenvalue weighted by atomic mass is 10.0. The van der Waals surface area contributed by atoms with Crippen molar-refractivity contribution in [1.29, 1.82) is 0 Å². The summed E-state index contributed by atoms with van der Waals surface area (Å²) in [6.07, 6.45) is 2.36. The number of rotatable bonds is 6. The van der Waals surface area contributed by atoms with Crippen molar-refractivity contribution in [3.05, 3.63) is 29.8 Å². The lowest BCUT2D eigenvalue weighted by Crippen LogP contribution is -2.47. The van der Waals surface area contributed by atoms with Gasteiger partial charge in [0, 0.05) is 13.1 Å². The summed E-state index contributed by atoms with van der Waals surface area (Å²) in [4.78, 5) is 14.0. The minimum absolute atomic E-state index is 0.0261. The Balaban J connectivity index is 2.64. The second kappa shape index (κ2) is 7.14. The van der Waals surface area contributed by atoms with Gasteiger partial charge in [0.05, 0.1) is 6.04 Å². The van der Waals surface area contributed by atoms with E-state index in [0.717, 1.165) is 18.4 Å². The molecule has 1 aromatic carbocycles. The first-order valence-electron chi connectivity index (χ1n) is 6.79. The van der Waals surface area contributed by atoms with Crippen LogP contribution in [0.3, 0.4) is 0 Å². The van der Waals surface area contributed by atoms with Crippen LogP contribution in [0.2, 0.25) is 0 Å². The molecule has 4 nitrogen and oxygen atoms in total. The molecule has 0 heterocycles. The summed E-state index contributed by atoms with van der Waals surface area (Å²) in [5, 5.41) is 9.22. The molecule has 1 amide bonds. The number of hydrogen-bond donors (Lipinski definition) is 2. The van der Waals surface area contributed by atoms with E-state index in [9.17, 15) is 9.90 Å². The SMILES string of the molecule is CCC(CC)N(C)C(=O)[C@@H](N)Cc1ccc(O)cc1. The summed E-state index contributed by atoms with van der Waals surface area (Å²) in [5.74, 6) is 0.194. The highest BCUT2D eigenvalue weighted by atomic mass is 16.3. The van der Waals surface area contributed by atoms with Crippen molar-refractivity contribution < 1.29 is 9.90 Å². The lowest BCUT2D eigenvalue weighted by molar-refractivity contribution is -0.133. The van der Waals surface area contributed by atoms with Crippen molar-refractivity contribution in [1.82, 2.24) is 4.90 Å². The molecule has 0 spiro atoms. The van der Waals surface area contributed by atoms with Crippen molar-refractivity contribution >= 4 is 5.91 Å². The van der Waals surface area contributed by atoms with Gasteiger partial charge in [0.2, 0.25) is 5.91 Å². The number of nitrogens with zero attached hydrogens (tertiary/aromatic N) is 1. The van der Waals surface area contributed by atoms with Crippen molar-refractivity contribution in [2.75, 3.05) is 7.05 Å². The summed E-state index contributed by atoms with van der Waals surface area (Å²) >= 11 is 0. The van der Waals surface area contributed by atoms with E-state index in [2.05, 4.69) is 13.8 Å². The Hall–Kier alpha value is -1.55. The summed E-state index contributed by atoms with van der Waals surface area (Å²) in [6.45, 7) is 4.15. The molecule has 19 heavy (non-hydrogen) atoms. The Kier molecular flexibility index (Phi) is 5.83. The zero-order valence-corrected chi connectivity index (χ0v) is 12.0. The molecule has 106 valence electrons. The summed E-state index contributed by atoms with van der Waals surface area (Å²) < 4.78 is 0. The normalized spacial score (nSPS) is 12.5. The molecule has 0 radical (unpaired) electrons. The molecule has 0 bridgehead atoms. The van der Waals surface area contributed by atoms with Gasteiger partial charge in [-0.05, 0) is 37.0 Å². The molecule has 0 aliphatic heterocycles. The van der Waals surface area contributed by atoms with Crippen molar-refractivity contribution in [2.45, 2.75) is 45.2 Å². The van der Waals surface area contributed by atoms with Crippen LogP contribution in [0.4, 0.5) is 0 Å². The van der Waals surface area contributed by atoms with Crippen molar-refractivity contribution in [2.24, 2.45) is 5.73 Å². The molecule has 0 saturated heterocycles. The van der Waals surface area contributed by atoms with E-state index in [1.807, 2.05) is 7.05 Å². The Morgan fingerprint density at radius 3 is 2.26 bits per heavy atom. The van der Waals surface area contributed by atoms with Crippen LogP contribution in [0.1, 0.15) is 32.3 Å². The molecular formula is C15H24N2O2. The molecule has 1 atom stereocenters. The van der Waals surface area contributed by atoms with Gasteiger partial charge in [0.1, 0.15) is 5.75 Å². The van der Waals surface area contributed by atoms with Crippen LogP contribution in [0.15, 0.2) is 24.3 Å². The fraction of sp³-hybridized carbons (Fsp3) is 0.533. The highest BCUT2D eigenvalue weighted by molar-refractivity contribution is 5.82. The number of aromatic hydroxyl groups is 1. The molecule has 0 saturated carbocycles. The topological polar surface area (TPSA) is 66.6 Å². The second-order valence-electron chi connectivity index (χ2n) is 4.90. The van der Waals surface area contributed by atoms with Gasteiger partial charge < -0.3 is 15.7 Å². The minimum atomic E-state index is -0.532. The van der Waals surface area contributed by atoms with Crippen LogP contribution in [0.25, 0.3) is 0 Å². The highest BCUT2D eigenvalue weighted by Gasteiger charge is 2.22. The zero-order valence-electron chi connectivity index (χ0n) is 12.0. The van der Waals surface area contributed by atoms with Crippen molar-refractivity contribution in [3.8, 4) is 5.75 Å². The first-order chi connectivity index (χ1) is 8.99. The fourth-order valence-corrected chi connectivity index (χ4v) is 2.25. The maximum atomic E-state index is 12.2. The summed E-state index contributed by atoms with van der Waals surface area (Å²) in [7, 11) is 1.82. The van der Waals surface area contributed by atoms with Gasteiger partial charge in [-0.15, -0.1) is 0 Å². The smallest absolute Gasteiger partial charge is 0.239 e. The number of likely N-dealkylation sites (N-methyl/N-ethyl adjacent to an activating group) is 1. The standard InChI is InChI=1S/C15H24N2O2/c1-4-12(5-2)17(3)15(19)14(16)10-11-6-8-13(18)9-7-11/h6-9,12,14,18H,4-5,10,16H2,1-3H3/t14-/m0/s1. The monoisotopic (exact) mass is 264 g/mol. The van der Waals surface area contributed by atoms with Gasteiger partial charge in [-0.1, -0.05) is 26.0 Å². The van der Waals surface area contributed by atoms with E-state index >= 15 is 0 Å². The third kappa shape index (κ3) is 4.24. The number of carbonyl (C=O) groups excluding carboxylic acids is 1. The average molecular weight is 264 g/mol. The zero-order chi connectivity index (χ0) is 14.4. The molecule has 1 aromatic rings. The number of phenolic OH excluding ortho intramolecular Hbond substituents is 1. The number of hydrogen-bond acceptors (Lipinski definition) is 3. The van der Waals surface area contributed by atoms with E-state index < -0.39 is 6.04 Å². The molecule has 4 heteroatoms. The first-order valence-corrected chi connectivity index (χ1v) is 6.79. The number of benzene rings is 1. The third-order valence-electron chi connectivity index (χ3n) is 3.55. The van der Waals surface area contributed by atoms with Crippen LogP contribution < -0.4 is 5.73 Å². The van der Waals surface area contributed by atoms with E-state index in [-0.39, 0.29) is 17.7 Å². The quantitative estimate of drug-likeness (QED) is 0.824. The van der Waals surface area contributed by atoms with Gasteiger partial charge in [-0.2, -0.15) is 0 Å². The number of nitrogens with two attached hydrogens (primary N) is 1. The van der Waals surface area contributed by atoms with E-state index in [1.165, 1.54) is 0 Å². The average Bonchev–Trinajstić information content (AvgIpc) is 2.41. The molecule has 0 fully saturated rings. The molecule has 0 aromatic heterocycles. The number of amides is 1. The maximum Gasteiger partial charge on any atom is 0.239 e. The molecular weight excluding hydrogens is 240 g/mol.